The van der Waals surface area contributed by atoms with E-state index in [0.29, 0.717) is 26.9 Å². The molecule has 27 heavy (non-hydrogen) atoms. The topological polar surface area (TPSA) is 79.5 Å². The highest BCUT2D eigenvalue weighted by Gasteiger charge is 2.15. The Kier molecular flexibility index (Phi) is 5.64. The molecule has 0 unspecified atom stereocenters. The Hall–Kier alpha value is -3.02. The van der Waals surface area contributed by atoms with Crippen molar-refractivity contribution in [2.45, 2.75) is 0 Å². The third-order valence-corrected chi connectivity index (χ3v) is 4.19. The molecule has 7 heteroatoms. The summed E-state index contributed by atoms with van der Waals surface area (Å²) in [6.45, 7) is 0. The maximum Gasteiger partial charge on any atom is 0.352 e. The minimum atomic E-state index is -1.29. The van der Waals surface area contributed by atoms with Gasteiger partial charge in [-0.2, -0.15) is 0 Å². The highest BCUT2D eigenvalue weighted by atomic mass is 35.5. The van der Waals surface area contributed by atoms with Gasteiger partial charge in [-0.15, -0.1) is 0 Å². The molecule has 1 heterocycles. The van der Waals surface area contributed by atoms with E-state index in [4.69, 9.17) is 27.6 Å². The molecule has 0 atom stereocenters. The number of carbonyl (C=O) groups is 2. The second-order valence-electron chi connectivity index (χ2n) is 5.51. The van der Waals surface area contributed by atoms with Crippen molar-refractivity contribution in [2.75, 3.05) is 0 Å². The van der Waals surface area contributed by atoms with Crippen LogP contribution in [0.5, 0.6) is 0 Å². The van der Waals surface area contributed by atoms with E-state index in [2.05, 4.69) is 5.32 Å². The number of carboxylic acids is 1. The van der Waals surface area contributed by atoms with Crippen molar-refractivity contribution in [3.05, 3.63) is 87.7 Å². The van der Waals surface area contributed by atoms with Crippen molar-refractivity contribution in [3.63, 3.8) is 0 Å². The first-order valence-corrected chi connectivity index (χ1v) is 8.56. The van der Waals surface area contributed by atoms with E-state index in [1.54, 1.807) is 60.7 Å². The average Bonchev–Trinajstić information content (AvgIpc) is 3.12. The first-order valence-electron chi connectivity index (χ1n) is 7.80. The normalized spacial score (nSPS) is 11.3. The Balaban J connectivity index is 1.87. The molecule has 5 nitrogen and oxygen atoms in total. The molecular formula is C20H13Cl2NO4. The molecule has 3 aromatic rings. The van der Waals surface area contributed by atoms with Crippen molar-refractivity contribution in [1.29, 1.82) is 0 Å². The van der Waals surface area contributed by atoms with E-state index < -0.39 is 11.9 Å². The molecule has 0 aliphatic heterocycles. The fraction of sp³-hybridized carbons (Fsp3) is 0. The van der Waals surface area contributed by atoms with Crippen LogP contribution < -0.4 is 5.32 Å². The van der Waals surface area contributed by atoms with E-state index >= 15 is 0 Å². The smallest absolute Gasteiger partial charge is 0.352 e. The minimum Gasteiger partial charge on any atom is -0.477 e. The lowest BCUT2D eigenvalue weighted by Gasteiger charge is -2.05. The number of hydrogen-bond acceptors (Lipinski definition) is 3. The van der Waals surface area contributed by atoms with Gasteiger partial charge in [-0.05, 0) is 42.5 Å². The number of rotatable bonds is 5. The Morgan fingerprint density at radius 3 is 2.44 bits per heavy atom. The van der Waals surface area contributed by atoms with Gasteiger partial charge >= 0.3 is 5.97 Å². The second kappa shape index (κ2) is 8.12. The van der Waals surface area contributed by atoms with Gasteiger partial charge in [0.25, 0.3) is 5.91 Å². The van der Waals surface area contributed by atoms with Crippen LogP contribution in [-0.2, 0) is 4.79 Å². The number of carbonyl (C=O) groups excluding carboxylic acids is 1. The van der Waals surface area contributed by atoms with Gasteiger partial charge in [0.2, 0.25) is 0 Å². The summed E-state index contributed by atoms with van der Waals surface area (Å²) >= 11 is 12.1. The third-order valence-electron chi connectivity index (χ3n) is 3.62. The molecule has 1 amide bonds. The van der Waals surface area contributed by atoms with Crippen LogP contribution >= 0.6 is 23.2 Å². The molecule has 3 rings (SSSR count). The van der Waals surface area contributed by atoms with E-state index in [1.165, 1.54) is 6.08 Å². The van der Waals surface area contributed by atoms with Crippen molar-refractivity contribution in [2.24, 2.45) is 0 Å². The largest absolute Gasteiger partial charge is 0.477 e. The lowest BCUT2D eigenvalue weighted by Crippen LogP contribution is -2.27. The van der Waals surface area contributed by atoms with Crippen molar-refractivity contribution in [3.8, 4) is 11.3 Å². The van der Waals surface area contributed by atoms with Crippen LogP contribution in [0.4, 0.5) is 0 Å². The molecule has 0 aliphatic carbocycles. The second-order valence-corrected chi connectivity index (χ2v) is 6.35. The third kappa shape index (κ3) is 4.58. The number of aliphatic carboxylic acids is 1. The summed E-state index contributed by atoms with van der Waals surface area (Å²) in [7, 11) is 0. The molecule has 2 aromatic carbocycles. The number of nitrogens with one attached hydrogen (secondary N) is 1. The fourth-order valence-electron chi connectivity index (χ4n) is 2.34. The molecule has 1 aromatic heterocycles. The number of furan rings is 1. The summed E-state index contributed by atoms with van der Waals surface area (Å²) in [5.41, 5.74) is 0.603. The van der Waals surface area contributed by atoms with Crippen molar-refractivity contribution in [1.82, 2.24) is 5.32 Å². The monoisotopic (exact) mass is 401 g/mol. The van der Waals surface area contributed by atoms with Gasteiger partial charge in [0.05, 0.1) is 5.02 Å². The molecule has 2 N–H and O–H groups in total. The van der Waals surface area contributed by atoms with Gasteiger partial charge in [-0.25, -0.2) is 4.79 Å². The van der Waals surface area contributed by atoms with E-state index in [1.807, 2.05) is 0 Å². The van der Waals surface area contributed by atoms with Crippen molar-refractivity contribution >= 4 is 41.2 Å². The lowest BCUT2D eigenvalue weighted by molar-refractivity contribution is -0.132. The number of halogens is 2. The summed E-state index contributed by atoms with van der Waals surface area (Å²) < 4.78 is 5.64. The maximum absolute atomic E-state index is 12.2. The lowest BCUT2D eigenvalue weighted by atomic mass is 10.2. The summed E-state index contributed by atoms with van der Waals surface area (Å²) in [5.74, 6) is -1.16. The number of amides is 1. The fourth-order valence-corrected chi connectivity index (χ4v) is 2.72. The maximum atomic E-state index is 12.2. The highest BCUT2D eigenvalue weighted by Crippen LogP contribution is 2.32. The molecular weight excluding hydrogens is 389 g/mol. The zero-order valence-electron chi connectivity index (χ0n) is 13.8. The summed E-state index contributed by atoms with van der Waals surface area (Å²) in [4.78, 5) is 23.7. The van der Waals surface area contributed by atoms with Crippen LogP contribution in [0.15, 0.2) is 70.8 Å². The zero-order chi connectivity index (χ0) is 19.4. The number of hydrogen-bond donors (Lipinski definition) is 2. The zero-order valence-corrected chi connectivity index (χ0v) is 15.3. The summed E-state index contributed by atoms with van der Waals surface area (Å²) in [6, 6.07) is 16.5. The molecule has 0 bridgehead atoms. The van der Waals surface area contributed by atoms with Gasteiger partial charge in [0, 0.05) is 22.2 Å². The van der Waals surface area contributed by atoms with Crippen LogP contribution in [0.1, 0.15) is 16.1 Å². The Morgan fingerprint density at radius 2 is 1.74 bits per heavy atom. The molecule has 0 saturated heterocycles. The predicted octanol–water partition coefficient (Wildman–Crippen LogP) is 5.11. The van der Waals surface area contributed by atoms with Crippen LogP contribution in [0, 0.1) is 0 Å². The quantitative estimate of drug-likeness (QED) is 0.582. The van der Waals surface area contributed by atoms with E-state index in [9.17, 15) is 14.7 Å². The SMILES string of the molecule is O=C(O)C(=Cc1ccc(-c2cc(Cl)ccc2Cl)o1)NC(=O)c1ccccc1. The Bertz CT molecular complexity index is 1030. The minimum absolute atomic E-state index is 0.242. The number of benzene rings is 2. The van der Waals surface area contributed by atoms with Gasteiger partial charge in [0.15, 0.2) is 0 Å². The molecule has 0 radical (unpaired) electrons. The summed E-state index contributed by atoms with van der Waals surface area (Å²) in [6.07, 6.45) is 1.23. The summed E-state index contributed by atoms with van der Waals surface area (Å²) in [5, 5.41) is 12.7. The number of carboxylic acid groups (broad SMARTS) is 1. The van der Waals surface area contributed by atoms with Crippen LogP contribution in [-0.4, -0.2) is 17.0 Å². The molecule has 0 spiro atoms. The average molecular weight is 402 g/mol. The Labute approximate surface area is 164 Å². The first kappa shape index (κ1) is 18.8. The molecule has 0 saturated carbocycles. The molecule has 0 fully saturated rings. The van der Waals surface area contributed by atoms with Gasteiger partial charge in [0.1, 0.15) is 17.2 Å². The predicted molar refractivity (Wildman–Crippen MR) is 104 cm³/mol. The van der Waals surface area contributed by atoms with Crippen LogP contribution in [0.25, 0.3) is 17.4 Å². The van der Waals surface area contributed by atoms with Crippen LogP contribution in [0.2, 0.25) is 10.0 Å². The van der Waals surface area contributed by atoms with Gasteiger partial charge < -0.3 is 14.8 Å². The standard InChI is InChI=1S/C20H13Cl2NO4/c21-13-6-8-16(22)15(10-13)18-9-7-14(27-18)11-17(20(25)26)23-19(24)12-4-2-1-3-5-12/h1-11H,(H,23,24)(H,25,26). The Morgan fingerprint density at radius 1 is 1.00 bits per heavy atom. The molecule has 136 valence electrons. The highest BCUT2D eigenvalue weighted by molar-refractivity contribution is 6.35. The van der Waals surface area contributed by atoms with E-state index in [-0.39, 0.29) is 11.5 Å². The van der Waals surface area contributed by atoms with Crippen LogP contribution in [0.3, 0.4) is 0 Å². The van der Waals surface area contributed by atoms with Gasteiger partial charge in [-0.1, -0.05) is 41.4 Å². The van der Waals surface area contributed by atoms with Gasteiger partial charge in [-0.3, -0.25) is 4.79 Å². The van der Waals surface area contributed by atoms with Crippen molar-refractivity contribution < 1.29 is 19.1 Å². The molecule has 0 aliphatic rings. The van der Waals surface area contributed by atoms with E-state index in [0.717, 1.165) is 0 Å². The first-order chi connectivity index (χ1) is 12.9.